The van der Waals surface area contributed by atoms with Crippen LogP contribution in [0.5, 0.6) is 0 Å². The molecular weight excluding hydrogens is 378 g/mol. The Bertz CT molecular complexity index is 650. The highest BCUT2D eigenvalue weighted by molar-refractivity contribution is 5.99. The molecule has 6 nitrogen and oxygen atoms in total. The van der Waals surface area contributed by atoms with Crippen molar-refractivity contribution in [3.63, 3.8) is 0 Å². The van der Waals surface area contributed by atoms with Gasteiger partial charge in [-0.05, 0) is 57.7 Å². The molecule has 1 aromatic rings. The lowest BCUT2D eigenvalue weighted by atomic mass is 9.94. The first-order chi connectivity index (χ1) is 13.1. The molecule has 2 aliphatic rings. The van der Waals surface area contributed by atoms with Crippen LogP contribution < -0.4 is 5.73 Å². The zero-order valence-corrected chi connectivity index (χ0v) is 17.5. The van der Waals surface area contributed by atoms with E-state index in [4.69, 9.17) is 10.5 Å². The Balaban J connectivity index is 0.00000280. The zero-order chi connectivity index (χ0) is 19.3. The van der Waals surface area contributed by atoms with E-state index >= 15 is 0 Å². The molecule has 0 saturated carbocycles. The number of nitrogens with zero attached hydrogens (tertiary/aromatic N) is 2. The van der Waals surface area contributed by atoms with Crippen LogP contribution in [0.15, 0.2) is 30.3 Å². The molecule has 2 heterocycles. The van der Waals surface area contributed by atoms with Gasteiger partial charge >= 0.3 is 0 Å². The molecule has 0 radical (unpaired) electrons. The quantitative estimate of drug-likeness (QED) is 0.732. The maximum Gasteiger partial charge on any atom is 0.254 e. The standard InChI is InChI=1S/C21H31N3O3.ClH/c1-21(11-5-13-24(21)19(25)17-7-3-2-4-8-17)20(26)23-14-9-18(10-15-23)27-16-6-12-22;/h2-4,7-8,18H,5-6,9-16,22H2,1H3;1H. The highest BCUT2D eigenvalue weighted by Crippen LogP contribution is 2.33. The lowest BCUT2D eigenvalue weighted by molar-refractivity contribution is -0.143. The smallest absolute Gasteiger partial charge is 0.254 e. The van der Waals surface area contributed by atoms with Gasteiger partial charge in [-0.25, -0.2) is 0 Å². The van der Waals surface area contributed by atoms with Crippen LogP contribution in [0.3, 0.4) is 0 Å². The third-order valence-electron chi connectivity index (χ3n) is 5.80. The maximum atomic E-state index is 13.3. The van der Waals surface area contributed by atoms with E-state index in [1.165, 1.54) is 0 Å². The fourth-order valence-electron chi connectivity index (χ4n) is 4.15. The second-order valence-electron chi connectivity index (χ2n) is 7.70. The summed E-state index contributed by atoms with van der Waals surface area (Å²) in [5.74, 6) is 0.0219. The van der Waals surface area contributed by atoms with E-state index < -0.39 is 5.54 Å². The Morgan fingerprint density at radius 3 is 2.50 bits per heavy atom. The molecule has 28 heavy (non-hydrogen) atoms. The largest absolute Gasteiger partial charge is 0.378 e. The summed E-state index contributed by atoms with van der Waals surface area (Å²) in [4.78, 5) is 30.0. The molecule has 156 valence electrons. The second kappa shape index (κ2) is 10.2. The molecule has 7 heteroatoms. The molecule has 1 atom stereocenters. The van der Waals surface area contributed by atoms with Crippen molar-refractivity contribution in [2.45, 2.75) is 50.7 Å². The van der Waals surface area contributed by atoms with Crippen LogP contribution in [-0.2, 0) is 9.53 Å². The van der Waals surface area contributed by atoms with Gasteiger partial charge in [0, 0.05) is 31.8 Å². The average molecular weight is 410 g/mol. The number of amides is 2. The van der Waals surface area contributed by atoms with E-state index in [9.17, 15) is 9.59 Å². The van der Waals surface area contributed by atoms with Crippen LogP contribution in [-0.4, -0.2) is 66.0 Å². The van der Waals surface area contributed by atoms with Crippen molar-refractivity contribution < 1.29 is 14.3 Å². The predicted molar refractivity (Wildman–Crippen MR) is 112 cm³/mol. The summed E-state index contributed by atoms with van der Waals surface area (Å²) in [5.41, 5.74) is 5.40. The minimum Gasteiger partial charge on any atom is -0.378 e. The molecule has 2 aliphatic heterocycles. The van der Waals surface area contributed by atoms with Crippen LogP contribution >= 0.6 is 12.4 Å². The summed E-state index contributed by atoms with van der Waals surface area (Å²) >= 11 is 0. The zero-order valence-electron chi connectivity index (χ0n) is 16.6. The summed E-state index contributed by atoms with van der Waals surface area (Å²) < 4.78 is 5.84. The Morgan fingerprint density at radius 2 is 1.86 bits per heavy atom. The molecule has 0 spiro atoms. The average Bonchev–Trinajstić information content (AvgIpc) is 3.11. The molecule has 2 saturated heterocycles. The molecule has 0 bridgehead atoms. The first-order valence-corrected chi connectivity index (χ1v) is 10.0. The van der Waals surface area contributed by atoms with Gasteiger partial charge in [0.25, 0.3) is 5.91 Å². The molecular formula is C21H32ClN3O3. The molecule has 3 rings (SSSR count). The molecule has 2 N–H and O–H groups in total. The van der Waals surface area contributed by atoms with Crippen molar-refractivity contribution in [2.75, 3.05) is 32.8 Å². The van der Waals surface area contributed by atoms with Gasteiger partial charge in [-0.15, -0.1) is 12.4 Å². The number of carbonyl (C=O) groups is 2. The predicted octanol–water partition coefficient (Wildman–Crippen LogP) is 2.46. The Labute approximate surface area is 173 Å². The number of benzene rings is 1. The van der Waals surface area contributed by atoms with Crippen molar-refractivity contribution >= 4 is 24.2 Å². The normalized spacial score (nSPS) is 22.8. The molecule has 0 aromatic heterocycles. The minimum atomic E-state index is -0.750. The lowest BCUT2D eigenvalue weighted by Gasteiger charge is -2.40. The van der Waals surface area contributed by atoms with Crippen molar-refractivity contribution in [1.29, 1.82) is 0 Å². The summed E-state index contributed by atoms with van der Waals surface area (Å²) in [5, 5.41) is 0. The number of hydrogen-bond acceptors (Lipinski definition) is 4. The van der Waals surface area contributed by atoms with Crippen LogP contribution in [0.25, 0.3) is 0 Å². The fourth-order valence-corrected chi connectivity index (χ4v) is 4.15. The Morgan fingerprint density at radius 1 is 1.18 bits per heavy atom. The van der Waals surface area contributed by atoms with Crippen molar-refractivity contribution in [2.24, 2.45) is 5.73 Å². The number of likely N-dealkylation sites (tertiary alicyclic amines) is 2. The fraction of sp³-hybridized carbons (Fsp3) is 0.619. The van der Waals surface area contributed by atoms with E-state index in [0.29, 0.717) is 38.3 Å². The van der Waals surface area contributed by atoms with E-state index in [0.717, 1.165) is 32.1 Å². The minimum absolute atomic E-state index is 0. The highest BCUT2D eigenvalue weighted by Gasteiger charge is 2.48. The number of halogens is 1. The van der Waals surface area contributed by atoms with Crippen molar-refractivity contribution in [3.05, 3.63) is 35.9 Å². The van der Waals surface area contributed by atoms with Crippen molar-refractivity contribution in [1.82, 2.24) is 9.80 Å². The SMILES string of the molecule is CC1(C(=O)N2CCC(OCCCN)CC2)CCCN1C(=O)c1ccccc1.Cl. The Kier molecular flexibility index (Phi) is 8.28. The van der Waals surface area contributed by atoms with Gasteiger partial charge in [-0.2, -0.15) is 0 Å². The van der Waals surface area contributed by atoms with Gasteiger partial charge in [-0.1, -0.05) is 18.2 Å². The van der Waals surface area contributed by atoms with Gasteiger partial charge in [-0.3, -0.25) is 9.59 Å². The molecule has 2 fully saturated rings. The number of carbonyl (C=O) groups excluding carboxylic acids is 2. The number of piperidine rings is 1. The van der Waals surface area contributed by atoms with Gasteiger partial charge < -0.3 is 20.3 Å². The number of ether oxygens (including phenoxy) is 1. The third-order valence-corrected chi connectivity index (χ3v) is 5.80. The number of nitrogens with two attached hydrogens (primary N) is 1. The van der Waals surface area contributed by atoms with E-state index in [1.807, 2.05) is 42.2 Å². The summed E-state index contributed by atoms with van der Waals surface area (Å²) in [6, 6.07) is 9.24. The highest BCUT2D eigenvalue weighted by atomic mass is 35.5. The van der Waals surface area contributed by atoms with Crippen LogP contribution in [0.2, 0.25) is 0 Å². The van der Waals surface area contributed by atoms with Gasteiger partial charge in [0.05, 0.1) is 6.10 Å². The topological polar surface area (TPSA) is 75.9 Å². The maximum absolute atomic E-state index is 13.3. The third kappa shape index (κ3) is 4.85. The molecule has 0 aliphatic carbocycles. The summed E-state index contributed by atoms with van der Waals surface area (Å²) in [6.07, 6.45) is 4.35. The first-order valence-electron chi connectivity index (χ1n) is 10.0. The summed E-state index contributed by atoms with van der Waals surface area (Å²) in [7, 11) is 0. The molecule has 1 aromatic carbocycles. The van der Waals surface area contributed by atoms with Crippen LogP contribution in [0.1, 0.15) is 49.4 Å². The summed E-state index contributed by atoms with van der Waals surface area (Å²) in [6.45, 7) is 5.26. The van der Waals surface area contributed by atoms with Crippen LogP contribution in [0.4, 0.5) is 0 Å². The van der Waals surface area contributed by atoms with E-state index in [1.54, 1.807) is 4.90 Å². The number of rotatable bonds is 6. The van der Waals surface area contributed by atoms with Crippen molar-refractivity contribution in [3.8, 4) is 0 Å². The lowest BCUT2D eigenvalue weighted by Crippen LogP contribution is -2.58. The van der Waals surface area contributed by atoms with E-state index in [2.05, 4.69) is 0 Å². The van der Waals surface area contributed by atoms with Crippen LogP contribution in [0, 0.1) is 0 Å². The molecule has 1 unspecified atom stereocenters. The van der Waals surface area contributed by atoms with E-state index in [-0.39, 0.29) is 30.3 Å². The number of hydrogen-bond donors (Lipinski definition) is 1. The Hall–Kier alpha value is -1.63. The van der Waals surface area contributed by atoms with Gasteiger partial charge in [0.1, 0.15) is 5.54 Å². The molecule has 2 amide bonds. The monoisotopic (exact) mass is 409 g/mol. The second-order valence-corrected chi connectivity index (χ2v) is 7.70. The first kappa shape index (κ1) is 22.7. The van der Waals surface area contributed by atoms with Gasteiger partial charge in [0.2, 0.25) is 5.91 Å². The van der Waals surface area contributed by atoms with Gasteiger partial charge in [0.15, 0.2) is 0 Å².